The third-order valence-electron chi connectivity index (χ3n) is 3.57. The van der Waals surface area contributed by atoms with Gasteiger partial charge < -0.3 is 10.2 Å². The van der Waals surface area contributed by atoms with Gasteiger partial charge in [-0.05, 0) is 30.4 Å². The molecule has 1 saturated heterocycles. The molecule has 1 aromatic carbocycles. The Kier molecular flexibility index (Phi) is 6.05. The van der Waals surface area contributed by atoms with Crippen LogP contribution in [0.25, 0.3) is 0 Å². The van der Waals surface area contributed by atoms with E-state index in [9.17, 15) is 0 Å². The van der Waals surface area contributed by atoms with E-state index in [-0.39, 0.29) is 0 Å². The maximum Gasteiger partial charge on any atom is 0.0203 e. The zero-order valence-electron chi connectivity index (χ0n) is 11.3. The molecule has 0 bridgehead atoms. The third-order valence-corrected chi connectivity index (χ3v) is 4.21. The number of hydrogen-bond donors (Lipinski definition) is 1. The molecule has 0 saturated carbocycles. The summed E-state index contributed by atoms with van der Waals surface area (Å²) in [5.74, 6) is 1.27. The second-order valence-corrected chi connectivity index (χ2v) is 5.95. The molecule has 0 aliphatic carbocycles. The molecule has 1 unspecified atom stereocenters. The van der Waals surface area contributed by atoms with Crippen molar-refractivity contribution in [1.29, 1.82) is 0 Å². The highest BCUT2D eigenvalue weighted by atomic mass is 32.2. The van der Waals surface area contributed by atoms with Gasteiger partial charge in [-0.25, -0.2) is 0 Å². The van der Waals surface area contributed by atoms with Crippen LogP contribution in [0.2, 0.25) is 0 Å². The van der Waals surface area contributed by atoms with Crippen molar-refractivity contribution in [3.8, 4) is 0 Å². The number of thioether (sulfide) groups is 1. The predicted molar refractivity (Wildman–Crippen MR) is 81.4 cm³/mol. The van der Waals surface area contributed by atoms with Crippen molar-refractivity contribution in [3.63, 3.8) is 0 Å². The third kappa shape index (κ3) is 4.63. The van der Waals surface area contributed by atoms with Gasteiger partial charge in [0.15, 0.2) is 0 Å². The van der Waals surface area contributed by atoms with Gasteiger partial charge in [0.25, 0.3) is 0 Å². The van der Waals surface area contributed by atoms with E-state index in [1.54, 1.807) is 0 Å². The van der Waals surface area contributed by atoms with E-state index in [2.05, 4.69) is 46.8 Å². The molecule has 0 aromatic heterocycles. The molecular weight excluding hydrogens is 240 g/mol. The van der Waals surface area contributed by atoms with Gasteiger partial charge in [0.2, 0.25) is 0 Å². The molecule has 1 aliphatic rings. The fourth-order valence-corrected chi connectivity index (χ4v) is 3.00. The number of benzene rings is 1. The van der Waals surface area contributed by atoms with Gasteiger partial charge in [-0.3, -0.25) is 0 Å². The normalized spacial score (nSPS) is 21.1. The Balaban J connectivity index is 1.72. The fraction of sp³-hybridized carbons (Fsp3) is 0.600. The Morgan fingerprint density at radius 2 is 2.17 bits per heavy atom. The monoisotopic (exact) mass is 264 g/mol. The van der Waals surface area contributed by atoms with Crippen LogP contribution in [0.4, 0.5) is 0 Å². The SMILES string of the molecule is CSCCC1CN(CCc2ccccc2)CCN1. The highest BCUT2D eigenvalue weighted by Crippen LogP contribution is 2.08. The van der Waals surface area contributed by atoms with Crippen LogP contribution in [0, 0.1) is 0 Å². The molecule has 0 radical (unpaired) electrons. The van der Waals surface area contributed by atoms with E-state index in [1.807, 2.05) is 11.8 Å². The molecule has 1 N–H and O–H groups in total. The predicted octanol–water partition coefficient (Wildman–Crippen LogP) is 2.26. The van der Waals surface area contributed by atoms with Gasteiger partial charge in [-0.15, -0.1) is 0 Å². The minimum Gasteiger partial charge on any atom is -0.311 e. The van der Waals surface area contributed by atoms with Gasteiger partial charge in [0.05, 0.1) is 0 Å². The van der Waals surface area contributed by atoms with Gasteiger partial charge in [0.1, 0.15) is 0 Å². The number of hydrogen-bond acceptors (Lipinski definition) is 3. The maximum absolute atomic E-state index is 3.63. The zero-order chi connectivity index (χ0) is 12.6. The van der Waals surface area contributed by atoms with Gasteiger partial charge in [-0.2, -0.15) is 11.8 Å². The van der Waals surface area contributed by atoms with Gasteiger partial charge in [-0.1, -0.05) is 30.3 Å². The molecule has 100 valence electrons. The van der Waals surface area contributed by atoms with Crippen LogP contribution >= 0.6 is 11.8 Å². The van der Waals surface area contributed by atoms with Crippen LogP contribution in [-0.2, 0) is 6.42 Å². The molecule has 18 heavy (non-hydrogen) atoms. The molecule has 0 spiro atoms. The van der Waals surface area contributed by atoms with Gasteiger partial charge in [0, 0.05) is 32.2 Å². The maximum atomic E-state index is 3.63. The molecule has 1 fully saturated rings. The van der Waals surface area contributed by atoms with Crippen molar-refractivity contribution in [2.45, 2.75) is 18.9 Å². The number of nitrogens with one attached hydrogen (secondary N) is 1. The van der Waals surface area contributed by atoms with E-state index < -0.39 is 0 Å². The quantitative estimate of drug-likeness (QED) is 0.848. The lowest BCUT2D eigenvalue weighted by Crippen LogP contribution is -2.51. The lowest BCUT2D eigenvalue weighted by molar-refractivity contribution is 0.200. The highest BCUT2D eigenvalue weighted by Gasteiger charge is 2.18. The topological polar surface area (TPSA) is 15.3 Å². The highest BCUT2D eigenvalue weighted by molar-refractivity contribution is 7.98. The van der Waals surface area contributed by atoms with E-state index in [0.717, 1.165) is 6.54 Å². The largest absolute Gasteiger partial charge is 0.311 e. The van der Waals surface area contributed by atoms with E-state index >= 15 is 0 Å². The first-order valence-electron chi connectivity index (χ1n) is 6.87. The smallest absolute Gasteiger partial charge is 0.0203 e. The standard InChI is InChI=1S/C15H24N2S/c1-18-12-8-15-13-17(11-9-16-15)10-7-14-5-3-2-4-6-14/h2-6,15-16H,7-13H2,1H3. The van der Waals surface area contributed by atoms with Crippen LogP contribution < -0.4 is 5.32 Å². The molecular formula is C15H24N2S. The molecule has 2 rings (SSSR count). The Hall–Kier alpha value is -0.510. The molecule has 1 aromatic rings. The average molecular weight is 264 g/mol. The summed E-state index contributed by atoms with van der Waals surface area (Å²) in [7, 11) is 0. The van der Waals surface area contributed by atoms with Crippen LogP contribution in [0.3, 0.4) is 0 Å². The van der Waals surface area contributed by atoms with Gasteiger partial charge >= 0.3 is 0 Å². The van der Waals surface area contributed by atoms with E-state index in [4.69, 9.17) is 0 Å². The van der Waals surface area contributed by atoms with Crippen molar-refractivity contribution in [3.05, 3.63) is 35.9 Å². The summed E-state index contributed by atoms with van der Waals surface area (Å²) in [6.45, 7) is 4.76. The van der Waals surface area contributed by atoms with Crippen molar-refractivity contribution in [1.82, 2.24) is 10.2 Å². The lowest BCUT2D eigenvalue weighted by Gasteiger charge is -2.33. The Bertz CT molecular complexity index is 329. The Morgan fingerprint density at radius 1 is 1.33 bits per heavy atom. The molecule has 2 nitrogen and oxygen atoms in total. The summed E-state index contributed by atoms with van der Waals surface area (Å²) in [4.78, 5) is 2.61. The summed E-state index contributed by atoms with van der Waals surface area (Å²) in [5, 5.41) is 3.63. The van der Waals surface area contributed by atoms with Crippen LogP contribution in [-0.4, -0.2) is 49.1 Å². The minimum absolute atomic E-state index is 0.696. The average Bonchev–Trinajstić information content (AvgIpc) is 2.44. The second-order valence-electron chi connectivity index (χ2n) is 4.97. The summed E-state index contributed by atoms with van der Waals surface area (Å²) >= 11 is 1.95. The van der Waals surface area contributed by atoms with E-state index in [1.165, 1.54) is 43.8 Å². The lowest BCUT2D eigenvalue weighted by atomic mass is 10.1. The molecule has 1 atom stereocenters. The number of rotatable bonds is 6. The van der Waals surface area contributed by atoms with E-state index in [0.29, 0.717) is 6.04 Å². The molecule has 0 amide bonds. The minimum atomic E-state index is 0.696. The molecule has 3 heteroatoms. The fourth-order valence-electron chi connectivity index (χ4n) is 2.48. The molecule has 1 heterocycles. The summed E-state index contributed by atoms with van der Waals surface area (Å²) in [6, 6.07) is 11.5. The Morgan fingerprint density at radius 3 is 2.94 bits per heavy atom. The Labute approximate surface area is 115 Å². The first-order chi connectivity index (χ1) is 8.88. The van der Waals surface area contributed by atoms with Crippen LogP contribution in [0.5, 0.6) is 0 Å². The van der Waals surface area contributed by atoms with Crippen molar-refractivity contribution in [2.75, 3.05) is 38.2 Å². The van der Waals surface area contributed by atoms with Crippen molar-refractivity contribution in [2.24, 2.45) is 0 Å². The summed E-state index contributed by atoms with van der Waals surface area (Å²) in [5.41, 5.74) is 1.46. The molecule has 1 aliphatic heterocycles. The van der Waals surface area contributed by atoms with Crippen LogP contribution in [0.1, 0.15) is 12.0 Å². The summed E-state index contributed by atoms with van der Waals surface area (Å²) < 4.78 is 0. The first kappa shape index (κ1) is 13.9. The van der Waals surface area contributed by atoms with Crippen molar-refractivity contribution < 1.29 is 0 Å². The number of nitrogens with zero attached hydrogens (tertiary/aromatic N) is 1. The van der Waals surface area contributed by atoms with Crippen molar-refractivity contribution >= 4 is 11.8 Å². The first-order valence-corrected chi connectivity index (χ1v) is 8.26. The second kappa shape index (κ2) is 7.82. The summed E-state index contributed by atoms with van der Waals surface area (Å²) in [6.07, 6.45) is 4.66. The van der Waals surface area contributed by atoms with Crippen LogP contribution in [0.15, 0.2) is 30.3 Å². The zero-order valence-corrected chi connectivity index (χ0v) is 12.1. The number of piperazine rings is 1.